The fourth-order valence-corrected chi connectivity index (χ4v) is 2.21. The first-order valence-corrected chi connectivity index (χ1v) is 8.42. The van der Waals surface area contributed by atoms with E-state index in [1.165, 1.54) is 6.92 Å². The number of benzene rings is 1. The van der Waals surface area contributed by atoms with E-state index in [9.17, 15) is 14.4 Å². The fourth-order valence-electron chi connectivity index (χ4n) is 2.21. The van der Waals surface area contributed by atoms with Gasteiger partial charge in [-0.25, -0.2) is 0 Å². The molecule has 1 atom stereocenters. The molecular weight excluding hydrogens is 320 g/mol. The lowest BCUT2D eigenvalue weighted by molar-refractivity contribution is -0.129. The van der Waals surface area contributed by atoms with E-state index < -0.39 is 6.04 Å². The van der Waals surface area contributed by atoms with Crippen molar-refractivity contribution in [1.29, 1.82) is 0 Å². The Morgan fingerprint density at radius 3 is 2.48 bits per heavy atom. The summed E-state index contributed by atoms with van der Waals surface area (Å²) in [4.78, 5) is 36.9. The summed E-state index contributed by atoms with van der Waals surface area (Å²) >= 11 is 0. The summed E-state index contributed by atoms with van der Waals surface area (Å²) in [5.74, 6) is -0.678. The molecule has 0 bridgehead atoms. The minimum atomic E-state index is -0.636. The van der Waals surface area contributed by atoms with E-state index in [2.05, 4.69) is 10.6 Å². The van der Waals surface area contributed by atoms with Crippen molar-refractivity contribution in [2.24, 2.45) is 11.7 Å². The molecule has 138 valence electrons. The highest BCUT2D eigenvalue weighted by Crippen LogP contribution is 2.13. The van der Waals surface area contributed by atoms with Gasteiger partial charge in [0.25, 0.3) is 0 Å². The fraction of sp³-hybridized carbons (Fsp3) is 0.500. The molecule has 0 spiro atoms. The van der Waals surface area contributed by atoms with Crippen molar-refractivity contribution in [3.63, 3.8) is 0 Å². The molecule has 0 aliphatic carbocycles. The first-order chi connectivity index (χ1) is 11.7. The van der Waals surface area contributed by atoms with Crippen LogP contribution < -0.4 is 16.4 Å². The molecule has 3 amide bonds. The Hall–Kier alpha value is -2.41. The lowest BCUT2D eigenvalue weighted by Crippen LogP contribution is -2.46. The van der Waals surface area contributed by atoms with Gasteiger partial charge < -0.3 is 21.3 Å². The highest BCUT2D eigenvalue weighted by Gasteiger charge is 2.17. The Morgan fingerprint density at radius 1 is 1.24 bits per heavy atom. The molecule has 0 radical (unpaired) electrons. The van der Waals surface area contributed by atoms with E-state index >= 15 is 0 Å². The molecule has 1 rings (SSSR count). The van der Waals surface area contributed by atoms with Gasteiger partial charge in [0.2, 0.25) is 17.7 Å². The summed E-state index contributed by atoms with van der Waals surface area (Å²) in [5, 5.41) is 5.25. The van der Waals surface area contributed by atoms with Crippen molar-refractivity contribution < 1.29 is 14.4 Å². The van der Waals surface area contributed by atoms with Crippen LogP contribution in [-0.4, -0.2) is 41.8 Å². The van der Waals surface area contributed by atoms with Gasteiger partial charge in [0.1, 0.15) is 0 Å². The van der Waals surface area contributed by atoms with Crippen LogP contribution in [0.5, 0.6) is 0 Å². The summed E-state index contributed by atoms with van der Waals surface area (Å²) < 4.78 is 0. The number of hydrogen-bond acceptors (Lipinski definition) is 4. The number of nitrogens with zero attached hydrogens (tertiary/aromatic N) is 1. The molecule has 0 saturated heterocycles. The Labute approximate surface area is 148 Å². The molecule has 25 heavy (non-hydrogen) atoms. The smallest absolute Gasteiger partial charge is 0.243 e. The van der Waals surface area contributed by atoms with Gasteiger partial charge in [-0.3, -0.25) is 14.4 Å². The maximum Gasteiger partial charge on any atom is 0.243 e. The highest BCUT2D eigenvalue weighted by atomic mass is 16.2. The van der Waals surface area contributed by atoms with Gasteiger partial charge in [0.15, 0.2) is 0 Å². The third kappa shape index (κ3) is 6.93. The average Bonchev–Trinajstić information content (AvgIpc) is 2.56. The zero-order valence-electron chi connectivity index (χ0n) is 15.3. The Bertz CT molecular complexity index is 616. The maximum absolute atomic E-state index is 12.0. The van der Waals surface area contributed by atoms with Gasteiger partial charge in [-0.15, -0.1) is 0 Å². The number of nitrogens with one attached hydrogen (secondary N) is 2. The molecule has 7 nitrogen and oxygen atoms in total. The summed E-state index contributed by atoms with van der Waals surface area (Å²) in [7, 11) is 0. The Morgan fingerprint density at radius 2 is 1.92 bits per heavy atom. The normalized spacial score (nSPS) is 11.8. The van der Waals surface area contributed by atoms with Gasteiger partial charge in [-0.1, -0.05) is 26.0 Å². The summed E-state index contributed by atoms with van der Waals surface area (Å²) in [5.41, 5.74) is 7.26. The minimum Gasteiger partial charge on any atom is -0.346 e. The van der Waals surface area contributed by atoms with Crippen LogP contribution in [0.2, 0.25) is 0 Å². The summed E-state index contributed by atoms with van der Waals surface area (Å²) in [6.07, 6.45) is 0. The van der Waals surface area contributed by atoms with Crippen molar-refractivity contribution in [2.75, 3.05) is 18.4 Å². The van der Waals surface area contributed by atoms with Gasteiger partial charge in [0.05, 0.1) is 12.6 Å². The van der Waals surface area contributed by atoms with Crippen molar-refractivity contribution in [2.45, 2.75) is 40.3 Å². The SMILES string of the molecule is CCN(Cc1cccc(NC(=O)CNC(=O)[C@@H](N)C(C)C)c1)C(C)=O. The first-order valence-electron chi connectivity index (χ1n) is 8.42. The van der Waals surface area contributed by atoms with Crippen LogP contribution in [0.25, 0.3) is 0 Å². The Kier molecular flexibility index (Phi) is 8.07. The largest absolute Gasteiger partial charge is 0.346 e. The third-order valence-corrected chi connectivity index (χ3v) is 3.86. The number of nitrogens with two attached hydrogens (primary N) is 1. The predicted octanol–water partition coefficient (Wildman–Crippen LogP) is 1.09. The van der Waals surface area contributed by atoms with Gasteiger partial charge in [-0.2, -0.15) is 0 Å². The monoisotopic (exact) mass is 348 g/mol. The van der Waals surface area contributed by atoms with Gasteiger partial charge in [-0.05, 0) is 30.5 Å². The number of rotatable bonds is 8. The molecule has 4 N–H and O–H groups in total. The van der Waals surface area contributed by atoms with E-state index in [4.69, 9.17) is 5.73 Å². The molecule has 0 aliphatic rings. The summed E-state index contributed by atoms with van der Waals surface area (Å²) in [6.45, 7) is 8.09. The van der Waals surface area contributed by atoms with Crippen molar-refractivity contribution in [1.82, 2.24) is 10.2 Å². The van der Waals surface area contributed by atoms with Crippen LogP contribution >= 0.6 is 0 Å². The van der Waals surface area contributed by atoms with E-state index in [0.717, 1.165) is 5.56 Å². The van der Waals surface area contributed by atoms with Crippen molar-refractivity contribution >= 4 is 23.4 Å². The number of carbonyl (C=O) groups excluding carboxylic acids is 3. The second kappa shape index (κ2) is 9.78. The van der Waals surface area contributed by atoms with Crippen LogP contribution in [0.15, 0.2) is 24.3 Å². The molecule has 0 aliphatic heterocycles. The number of carbonyl (C=O) groups is 3. The second-order valence-electron chi connectivity index (χ2n) is 6.27. The van der Waals surface area contributed by atoms with Crippen LogP contribution in [0.1, 0.15) is 33.3 Å². The zero-order chi connectivity index (χ0) is 19.0. The zero-order valence-corrected chi connectivity index (χ0v) is 15.3. The number of hydrogen-bond donors (Lipinski definition) is 3. The lowest BCUT2D eigenvalue weighted by Gasteiger charge is -2.19. The topological polar surface area (TPSA) is 105 Å². The van der Waals surface area contributed by atoms with Gasteiger partial charge >= 0.3 is 0 Å². The molecule has 0 unspecified atom stereocenters. The average molecular weight is 348 g/mol. The first kappa shape index (κ1) is 20.6. The number of anilines is 1. The second-order valence-corrected chi connectivity index (χ2v) is 6.27. The quantitative estimate of drug-likeness (QED) is 0.654. The predicted molar refractivity (Wildman–Crippen MR) is 97.7 cm³/mol. The third-order valence-electron chi connectivity index (χ3n) is 3.86. The van der Waals surface area contributed by atoms with Crippen LogP contribution in [-0.2, 0) is 20.9 Å². The van der Waals surface area contributed by atoms with Crippen molar-refractivity contribution in [3.8, 4) is 0 Å². The molecular formula is C18H28N4O3. The Balaban J connectivity index is 2.59. The standard InChI is InChI=1S/C18H28N4O3/c1-5-22(13(4)23)11-14-7-6-8-15(9-14)21-16(24)10-20-18(25)17(19)12(2)3/h6-9,12,17H,5,10-11,19H2,1-4H3,(H,20,25)(H,21,24)/t17-/m0/s1. The molecule has 1 aromatic rings. The van der Waals surface area contributed by atoms with Crippen LogP contribution in [0.4, 0.5) is 5.69 Å². The molecule has 7 heteroatoms. The molecule has 0 heterocycles. The molecule has 0 saturated carbocycles. The van der Waals surface area contributed by atoms with Crippen LogP contribution in [0, 0.1) is 5.92 Å². The highest BCUT2D eigenvalue weighted by molar-refractivity contribution is 5.95. The van der Waals surface area contributed by atoms with Gasteiger partial charge in [0, 0.05) is 25.7 Å². The van der Waals surface area contributed by atoms with E-state index in [-0.39, 0.29) is 30.2 Å². The van der Waals surface area contributed by atoms with E-state index in [0.29, 0.717) is 18.8 Å². The van der Waals surface area contributed by atoms with E-state index in [1.807, 2.05) is 39.0 Å². The molecule has 1 aromatic carbocycles. The maximum atomic E-state index is 12.0. The molecule has 0 aromatic heterocycles. The molecule has 0 fully saturated rings. The summed E-state index contributed by atoms with van der Waals surface area (Å²) in [6, 6.07) is 6.64. The van der Waals surface area contributed by atoms with E-state index in [1.54, 1.807) is 11.0 Å². The minimum absolute atomic E-state index is 0.00106. The lowest BCUT2D eigenvalue weighted by atomic mass is 10.1. The van der Waals surface area contributed by atoms with Crippen LogP contribution in [0.3, 0.4) is 0 Å². The van der Waals surface area contributed by atoms with Crippen molar-refractivity contribution in [3.05, 3.63) is 29.8 Å². The number of amides is 3.